The molecule has 2 aromatic rings. The van der Waals surface area contributed by atoms with Gasteiger partial charge in [-0.2, -0.15) is 4.98 Å². The van der Waals surface area contributed by atoms with E-state index >= 15 is 0 Å². The fourth-order valence-electron chi connectivity index (χ4n) is 5.23. The molecular formula is C28H36FN7O3. The van der Waals surface area contributed by atoms with Crippen molar-refractivity contribution < 1.29 is 18.7 Å². The number of nitrogens with one attached hydrogen (secondary N) is 4. The summed E-state index contributed by atoms with van der Waals surface area (Å²) >= 11 is 0. The molecule has 0 unspecified atom stereocenters. The molecule has 39 heavy (non-hydrogen) atoms. The van der Waals surface area contributed by atoms with Gasteiger partial charge in [-0.1, -0.05) is 6.08 Å². The second kappa shape index (κ2) is 12.4. The molecular weight excluding hydrogens is 501 g/mol. The van der Waals surface area contributed by atoms with Gasteiger partial charge in [-0.05, 0) is 76.9 Å². The van der Waals surface area contributed by atoms with E-state index in [9.17, 15) is 14.0 Å². The smallest absolute Gasteiger partial charge is 0.256 e. The lowest BCUT2D eigenvalue weighted by molar-refractivity contribution is -0.127. The molecule has 0 radical (unpaired) electrons. The average Bonchev–Trinajstić information content (AvgIpc) is 2.94. The van der Waals surface area contributed by atoms with Crippen molar-refractivity contribution in [1.82, 2.24) is 25.5 Å². The largest absolute Gasteiger partial charge is 0.486 e. The summed E-state index contributed by atoms with van der Waals surface area (Å²) < 4.78 is 19.7. The molecule has 1 saturated carbocycles. The minimum absolute atomic E-state index is 0.0182. The van der Waals surface area contributed by atoms with E-state index < -0.39 is 5.82 Å². The number of likely N-dealkylation sites (tertiary alicyclic amines) is 1. The number of hydrogen-bond donors (Lipinski definition) is 4. The summed E-state index contributed by atoms with van der Waals surface area (Å²) in [6.07, 6.45) is 10.0. The number of amides is 2. The van der Waals surface area contributed by atoms with E-state index in [-0.39, 0.29) is 47.7 Å². The fraction of sp³-hybridized carbons (Fsp3) is 0.500. The number of anilines is 3. The Morgan fingerprint density at radius 2 is 1.82 bits per heavy atom. The van der Waals surface area contributed by atoms with Crippen molar-refractivity contribution in [3.05, 3.63) is 47.9 Å². The molecule has 4 bridgehead atoms. The van der Waals surface area contributed by atoms with Crippen molar-refractivity contribution in [2.45, 2.75) is 50.6 Å². The summed E-state index contributed by atoms with van der Waals surface area (Å²) in [6, 6.07) is 4.62. The van der Waals surface area contributed by atoms with Gasteiger partial charge in [0.1, 0.15) is 18.0 Å². The van der Waals surface area contributed by atoms with Crippen LogP contribution in [-0.2, 0) is 4.79 Å². The maximum Gasteiger partial charge on any atom is 0.256 e. The number of aromatic nitrogens is 2. The number of carbonyl (C=O) groups excluding carboxylic acids is 2. The lowest BCUT2D eigenvalue weighted by Crippen LogP contribution is -2.47. The van der Waals surface area contributed by atoms with Crippen LogP contribution in [0.3, 0.4) is 0 Å². The zero-order valence-electron chi connectivity index (χ0n) is 22.2. The molecule has 1 aromatic heterocycles. The third kappa shape index (κ3) is 7.03. The number of rotatable bonds is 4. The molecule has 1 aliphatic carbocycles. The van der Waals surface area contributed by atoms with Gasteiger partial charge in [0.25, 0.3) is 5.91 Å². The molecule has 2 aliphatic heterocycles. The maximum absolute atomic E-state index is 14.2. The Kier molecular flexibility index (Phi) is 8.55. The Morgan fingerprint density at radius 1 is 1.05 bits per heavy atom. The number of halogens is 1. The van der Waals surface area contributed by atoms with Crippen molar-refractivity contribution in [3.8, 4) is 5.75 Å². The maximum atomic E-state index is 14.2. The predicted molar refractivity (Wildman–Crippen MR) is 147 cm³/mol. The molecule has 3 aliphatic rings. The average molecular weight is 538 g/mol. The molecule has 208 valence electrons. The molecule has 1 saturated heterocycles. The van der Waals surface area contributed by atoms with Crippen LogP contribution in [0, 0.1) is 11.7 Å². The zero-order chi connectivity index (χ0) is 27.2. The minimum atomic E-state index is -0.473. The number of piperidine rings is 1. The molecule has 1 aromatic carbocycles. The van der Waals surface area contributed by atoms with Crippen molar-refractivity contribution in [3.63, 3.8) is 0 Å². The van der Waals surface area contributed by atoms with E-state index in [4.69, 9.17) is 4.74 Å². The van der Waals surface area contributed by atoms with Gasteiger partial charge < -0.3 is 30.9 Å². The van der Waals surface area contributed by atoms with Crippen LogP contribution in [0.15, 0.2) is 36.5 Å². The topological polar surface area (TPSA) is 121 Å². The van der Waals surface area contributed by atoms with E-state index in [1.165, 1.54) is 18.3 Å². The van der Waals surface area contributed by atoms with Gasteiger partial charge >= 0.3 is 0 Å². The molecule has 2 amide bonds. The summed E-state index contributed by atoms with van der Waals surface area (Å²) in [5.41, 5.74) is 0.810. The fourth-order valence-corrected chi connectivity index (χ4v) is 5.23. The highest BCUT2D eigenvalue weighted by atomic mass is 19.1. The van der Waals surface area contributed by atoms with Crippen LogP contribution in [0.5, 0.6) is 5.75 Å². The first-order chi connectivity index (χ1) is 18.9. The highest BCUT2D eigenvalue weighted by Crippen LogP contribution is 2.28. The van der Waals surface area contributed by atoms with Crippen LogP contribution in [0.1, 0.15) is 48.9 Å². The number of benzene rings is 1. The summed E-state index contributed by atoms with van der Waals surface area (Å²) in [4.78, 5) is 37.2. The Morgan fingerprint density at radius 3 is 2.62 bits per heavy atom. The van der Waals surface area contributed by atoms with Crippen LogP contribution < -0.4 is 26.0 Å². The van der Waals surface area contributed by atoms with Crippen molar-refractivity contribution in [2.24, 2.45) is 5.92 Å². The molecule has 11 heteroatoms. The molecule has 3 heterocycles. The first-order valence-electron chi connectivity index (χ1n) is 13.7. The van der Waals surface area contributed by atoms with Crippen LogP contribution in [0.25, 0.3) is 0 Å². The van der Waals surface area contributed by atoms with E-state index in [2.05, 4.69) is 43.2 Å². The van der Waals surface area contributed by atoms with Crippen LogP contribution in [0.2, 0.25) is 0 Å². The lowest BCUT2D eigenvalue weighted by Gasteiger charge is -2.32. The molecule has 2 fully saturated rings. The standard InChI is InChI=1S/C28H36FN7O3/c1-36-13-10-20(11-14-36)33-26(37)18-4-6-19(7-5-18)34-27(38)22-17-31-28-30-12-2-3-15-39-24-16-21(8-9-23(24)29)32-25(22)35-28/h2-3,8-9,16-20H,4-7,10-15H2,1H3,(H,33,37)(H,34,38)(H2,30,31,32,35)/b3-2-. The third-order valence-electron chi connectivity index (χ3n) is 7.61. The molecule has 5 rings (SSSR count). The number of hydrogen-bond acceptors (Lipinski definition) is 8. The zero-order valence-corrected chi connectivity index (χ0v) is 22.2. The number of carbonyl (C=O) groups is 2. The predicted octanol–water partition coefficient (Wildman–Crippen LogP) is 3.22. The van der Waals surface area contributed by atoms with Gasteiger partial charge in [-0.15, -0.1) is 0 Å². The highest BCUT2D eigenvalue weighted by Gasteiger charge is 2.30. The number of fused-ring (bicyclic) bond motifs is 4. The summed E-state index contributed by atoms with van der Waals surface area (Å²) in [5.74, 6) is 0.113. The lowest BCUT2D eigenvalue weighted by atomic mass is 9.85. The highest BCUT2D eigenvalue weighted by molar-refractivity contribution is 5.99. The first-order valence-corrected chi connectivity index (χ1v) is 13.7. The van der Waals surface area contributed by atoms with Gasteiger partial charge in [-0.25, -0.2) is 9.37 Å². The van der Waals surface area contributed by atoms with E-state index in [1.54, 1.807) is 12.1 Å². The van der Waals surface area contributed by atoms with Crippen LogP contribution in [-0.4, -0.2) is 72.1 Å². The number of nitrogens with zero attached hydrogens (tertiary/aromatic N) is 3. The monoisotopic (exact) mass is 537 g/mol. The van der Waals surface area contributed by atoms with Crippen molar-refractivity contribution in [2.75, 3.05) is 43.9 Å². The van der Waals surface area contributed by atoms with E-state index in [1.807, 2.05) is 6.08 Å². The van der Waals surface area contributed by atoms with E-state index in [0.717, 1.165) is 51.6 Å². The first kappa shape index (κ1) is 26.9. The minimum Gasteiger partial charge on any atom is -0.486 e. The number of ether oxygens (including phenoxy) is 1. The Balaban J connectivity index is 1.22. The van der Waals surface area contributed by atoms with Gasteiger partial charge in [-0.3, -0.25) is 9.59 Å². The third-order valence-corrected chi connectivity index (χ3v) is 7.61. The summed E-state index contributed by atoms with van der Waals surface area (Å²) in [6.45, 7) is 2.68. The van der Waals surface area contributed by atoms with Crippen molar-refractivity contribution >= 4 is 29.3 Å². The molecule has 10 nitrogen and oxygen atoms in total. The van der Waals surface area contributed by atoms with Crippen molar-refractivity contribution in [1.29, 1.82) is 0 Å². The summed E-state index contributed by atoms with van der Waals surface area (Å²) in [5, 5.41) is 12.5. The van der Waals surface area contributed by atoms with Gasteiger partial charge in [0.2, 0.25) is 11.9 Å². The molecule has 0 spiro atoms. The molecule has 0 atom stereocenters. The second-order valence-electron chi connectivity index (χ2n) is 10.5. The Hall–Kier alpha value is -3.73. The van der Waals surface area contributed by atoms with Crippen LogP contribution >= 0.6 is 0 Å². The van der Waals surface area contributed by atoms with Gasteiger partial charge in [0.15, 0.2) is 11.6 Å². The quantitative estimate of drug-likeness (QED) is 0.439. The second-order valence-corrected chi connectivity index (χ2v) is 10.5. The Bertz CT molecular complexity index is 1210. The Labute approximate surface area is 227 Å². The van der Waals surface area contributed by atoms with Crippen LogP contribution in [0.4, 0.5) is 21.8 Å². The normalized spacial score (nSPS) is 22.9. The summed E-state index contributed by atoms with van der Waals surface area (Å²) in [7, 11) is 2.11. The van der Waals surface area contributed by atoms with Gasteiger partial charge in [0.05, 0.1) is 0 Å². The van der Waals surface area contributed by atoms with Gasteiger partial charge in [0, 0.05) is 42.5 Å². The van der Waals surface area contributed by atoms with E-state index in [0.29, 0.717) is 24.0 Å². The SMILES string of the molecule is CN1CCC(NC(=O)C2CCC(NC(=O)c3cnc4nc3Nc3ccc(F)c(c3)OC/C=C\CN4)CC2)CC1. The molecule has 4 N–H and O–H groups in total.